The van der Waals surface area contributed by atoms with E-state index < -0.39 is 5.79 Å². The first kappa shape index (κ1) is 31.9. The highest BCUT2D eigenvalue weighted by Gasteiger charge is 2.51. The fourth-order valence-electron chi connectivity index (χ4n) is 5.86. The van der Waals surface area contributed by atoms with Crippen molar-refractivity contribution in [2.24, 2.45) is 5.41 Å². The number of ether oxygens (including phenoxy) is 2. The molecule has 0 spiro atoms. The van der Waals surface area contributed by atoms with E-state index in [-0.39, 0.29) is 5.41 Å². The molecule has 0 unspecified atom stereocenters. The lowest BCUT2D eigenvalue weighted by atomic mass is 9.67. The second kappa shape index (κ2) is 21.5. The fourth-order valence-corrected chi connectivity index (χ4v) is 5.86. The lowest BCUT2D eigenvalue weighted by molar-refractivity contribution is -0.308. The zero-order chi connectivity index (χ0) is 24.0. The maximum atomic E-state index is 6.67. The van der Waals surface area contributed by atoms with Crippen molar-refractivity contribution in [3.05, 3.63) is 0 Å². The van der Waals surface area contributed by atoms with Crippen LogP contribution in [0.1, 0.15) is 170 Å². The van der Waals surface area contributed by atoms with Gasteiger partial charge in [0, 0.05) is 25.0 Å². The topological polar surface area (TPSA) is 18.5 Å². The van der Waals surface area contributed by atoms with Crippen molar-refractivity contribution in [1.29, 1.82) is 0 Å². The summed E-state index contributed by atoms with van der Waals surface area (Å²) in [6.45, 7) is 15.1. The molecule has 32 heavy (non-hydrogen) atoms. The molecular weight excluding hydrogens is 392 g/mol. The molecule has 0 aliphatic heterocycles. The smallest absolute Gasteiger partial charge is 0.173 e. The Labute approximate surface area is 204 Å². The van der Waals surface area contributed by atoms with E-state index in [2.05, 4.69) is 41.5 Å². The van der Waals surface area contributed by atoms with Crippen LogP contribution in [0.15, 0.2) is 0 Å². The summed E-state index contributed by atoms with van der Waals surface area (Å²) in [6.07, 6.45) is 26.3. The molecule has 194 valence electrons. The summed E-state index contributed by atoms with van der Waals surface area (Å²) < 4.78 is 13.3. The largest absolute Gasteiger partial charge is 0.350 e. The Morgan fingerprint density at radius 3 is 1.12 bits per heavy atom. The molecule has 0 aliphatic carbocycles. The van der Waals surface area contributed by atoms with Crippen molar-refractivity contribution in [3.63, 3.8) is 0 Å². The maximum absolute atomic E-state index is 6.67. The van der Waals surface area contributed by atoms with Crippen LogP contribution in [-0.4, -0.2) is 19.0 Å². The van der Waals surface area contributed by atoms with Crippen LogP contribution in [0.3, 0.4) is 0 Å². The normalized spacial score (nSPS) is 12.6. The standard InChI is InChI=1S/C30H62O2/c1-7-13-15-17-19-20-22-24-28-30(31-11-5,32-12-6)29(25-9-3,26-10-4)27-23-21-18-16-14-8-2/h7-28H2,1-6H3. The highest BCUT2D eigenvalue weighted by molar-refractivity contribution is 4.94. The SMILES string of the molecule is CCCCCCCCCCC(OCC)(OCC)C(CCC)(CCC)CCCCCCCC. The van der Waals surface area contributed by atoms with Crippen LogP contribution in [0.4, 0.5) is 0 Å². The van der Waals surface area contributed by atoms with E-state index in [4.69, 9.17) is 9.47 Å². The summed E-state index contributed by atoms with van der Waals surface area (Å²) in [5.74, 6) is -0.395. The monoisotopic (exact) mass is 454 g/mol. The fraction of sp³-hybridized carbons (Fsp3) is 1.00. The quantitative estimate of drug-likeness (QED) is 0.101. The van der Waals surface area contributed by atoms with Crippen molar-refractivity contribution in [2.45, 2.75) is 176 Å². The highest BCUT2D eigenvalue weighted by atomic mass is 16.7. The van der Waals surface area contributed by atoms with E-state index in [1.54, 1.807) is 0 Å². The van der Waals surface area contributed by atoms with Gasteiger partial charge < -0.3 is 9.47 Å². The molecule has 0 bridgehead atoms. The Morgan fingerprint density at radius 2 is 0.750 bits per heavy atom. The van der Waals surface area contributed by atoms with Gasteiger partial charge in [0.25, 0.3) is 0 Å². The van der Waals surface area contributed by atoms with E-state index in [9.17, 15) is 0 Å². The molecule has 0 aliphatic rings. The van der Waals surface area contributed by atoms with Crippen molar-refractivity contribution in [2.75, 3.05) is 13.2 Å². The molecule has 0 amide bonds. The number of unbranched alkanes of at least 4 members (excludes halogenated alkanes) is 12. The van der Waals surface area contributed by atoms with E-state index in [1.807, 2.05) is 0 Å². The zero-order valence-corrected chi connectivity index (χ0v) is 23.4. The second-order valence-electron chi connectivity index (χ2n) is 10.1. The molecule has 0 saturated heterocycles. The Balaban J connectivity index is 5.23. The first-order valence-electron chi connectivity index (χ1n) is 14.9. The van der Waals surface area contributed by atoms with Gasteiger partial charge in [-0.25, -0.2) is 0 Å². The number of rotatable bonds is 25. The molecule has 0 rings (SSSR count). The molecule has 0 fully saturated rings. The molecule has 0 N–H and O–H groups in total. The summed E-state index contributed by atoms with van der Waals surface area (Å²) >= 11 is 0. The molecule has 0 aromatic heterocycles. The molecular formula is C30H62O2. The van der Waals surface area contributed by atoms with Gasteiger partial charge in [-0.05, 0) is 39.5 Å². The summed E-state index contributed by atoms with van der Waals surface area (Å²) in [7, 11) is 0. The lowest BCUT2D eigenvalue weighted by Crippen LogP contribution is -2.53. The Kier molecular flexibility index (Phi) is 21.4. The minimum absolute atomic E-state index is 0.161. The van der Waals surface area contributed by atoms with Crippen LogP contribution in [-0.2, 0) is 9.47 Å². The van der Waals surface area contributed by atoms with Gasteiger partial charge in [0.15, 0.2) is 5.79 Å². The van der Waals surface area contributed by atoms with Crippen LogP contribution in [0.2, 0.25) is 0 Å². The van der Waals surface area contributed by atoms with Gasteiger partial charge in [0.05, 0.1) is 0 Å². The van der Waals surface area contributed by atoms with Gasteiger partial charge in [-0.2, -0.15) is 0 Å². The Hall–Kier alpha value is -0.0800. The summed E-state index contributed by atoms with van der Waals surface area (Å²) in [5.41, 5.74) is 0.161. The van der Waals surface area contributed by atoms with Crippen LogP contribution in [0.5, 0.6) is 0 Å². The third-order valence-electron chi connectivity index (χ3n) is 7.39. The first-order valence-corrected chi connectivity index (χ1v) is 14.9. The van der Waals surface area contributed by atoms with Gasteiger partial charge >= 0.3 is 0 Å². The molecule has 0 heterocycles. The van der Waals surface area contributed by atoms with Crippen LogP contribution < -0.4 is 0 Å². The van der Waals surface area contributed by atoms with Crippen molar-refractivity contribution >= 4 is 0 Å². The predicted molar refractivity (Wildman–Crippen MR) is 143 cm³/mol. The van der Waals surface area contributed by atoms with E-state index >= 15 is 0 Å². The summed E-state index contributed by atoms with van der Waals surface area (Å²) in [4.78, 5) is 0. The van der Waals surface area contributed by atoms with Crippen LogP contribution in [0, 0.1) is 5.41 Å². The maximum Gasteiger partial charge on any atom is 0.173 e. The Morgan fingerprint density at radius 1 is 0.375 bits per heavy atom. The lowest BCUT2D eigenvalue weighted by Gasteiger charge is -2.51. The van der Waals surface area contributed by atoms with Crippen LogP contribution in [0.25, 0.3) is 0 Å². The summed E-state index contributed by atoms with van der Waals surface area (Å²) in [6, 6.07) is 0. The van der Waals surface area contributed by atoms with Crippen molar-refractivity contribution < 1.29 is 9.47 Å². The molecule has 0 saturated carbocycles. The van der Waals surface area contributed by atoms with E-state index in [1.165, 1.54) is 122 Å². The summed E-state index contributed by atoms with van der Waals surface area (Å²) in [5, 5.41) is 0. The Bertz CT molecular complexity index is 367. The molecule has 0 aromatic carbocycles. The van der Waals surface area contributed by atoms with Crippen molar-refractivity contribution in [3.8, 4) is 0 Å². The minimum Gasteiger partial charge on any atom is -0.350 e. The third-order valence-corrected chi connectivity index (χ3v) is 7.39. The van der Waals surface area contributed by atoms with Gasteiger partial charge in [0.1, 0.15) is 0 Å². The highest BCUT2D eigenvalue weighted by Crippen LogP contribution is 2.50. The minimum atomic E-state index is -0.395. The van der Waals surface area contributed by atoms with Crippen molar-refractivity contribution in [1.82, 2.24) is 0 Å². The van der Waals surface area contributed by atoms with Crippen LogP contribution >= 0.6 is 0 Å². The van der Waals surface area contributed by atoms with E-state index in [0.717, 1.165) is 19.6 Å². The molecule has 2 nitrogen and oxygen atoms in total. The van der Waals surface area contributed by atoms with Gasteiger partial charge in [0.2, 0.25) is 0 Å². The van der Waals surface area contributed by atoms with E-state index in [0.29, 0.717) is 0 Å². The molecule has 2 heteroatoms. The third kappa shape index (κ3) is 12.4. The predicted octanol–water partition coefficient (Wildman–Crippen LogP) is 10.6. The van der Waals surface area contributed by atoms with Gasteiger partial charge in [-0.1, -0.05) is 124 Å². The molecule has 0 radical (unpaired) electrons. The molecule has 0 atom stereocenters. The average molecular weight is 455 g/mol. The number of hydrogen-bond acceptors (Lipinski definition) is 2. The first-order chi connectivity index (χ1) is 15.6. The van der Waals surface area contributed by atoms with Gasteiger partial charge in [-0.15, -0.1) is 0 Å². The number of hydrogen-bond donors (Lipinski definition) is 0. The average Bonchev–Trinajstić information content (AvgIpc) is 2.78. The zero-order valence-electron chi connectivity index (χ0n) is 23.4. The second-order valence-corrected chi connectivity index (χ2v) is 10.1. The van der Waals surface area contributed by atoms with Gasteiger partial charge in [-0.3, -0.25) is 0 Å². The molecule has 0 aromatic rings.